The maximum absolute atomic E-state index is 13.0. The van der Waals surface area contributed by atoms with Gasteiger partial charge in [0.2, 0.25) is 0 Å². The van der Waals surface area contributed by atoms with E-state index in [-0.39, 0.29) is 12.2 Å². The van der Waals surface area contributed by atoms with Crippen molar-refractivity contribution < 1.29 is 13.6 Å². The minimum Gasteiger partial charge on any atom is -0.289 e. The molecule has 0 bridgehead atoms. The van der Waals surface area contributed by atoms with Gasteiger partial charge in [0.05, 0.1) is 36.4 Å². The van der Waals surface area contributed by atoms with Crippen LogP contribution < -0.4 is 9.80 Å². The minimum absolute atomic E-state index is 0.105. The van der Waals surface area contributed by atoms with Crippen molar-refractivity contribution in [2.24, 2.45) is 0 Å². The Bertz CT molecular complexity index is 1040. The van der Waals surface area contributed by atoms with Gasteiger partial charge >= 0.3 is 6.03 Å². The van der Waals surface area contributed by atoms with E-state index in [9.17, 15) is 18.8 Å². The molecule has 0 N–H and O–H groups in total. The molecule has 6 nitrogen and oxygen atoms in total. The molecule has 1 aliphatic heterocycles. The van der Waals surface area contributed by atoms with Gasteiger partial charge in [-0.05, 0) is 12.1 Å². The molecule has 4 rings (SSSR count). The SMILES string of the molecule is N#C[C@@H]1CN(c2ccc(C(F)F)nc2)C(=O)N1c1cncc2ccccc12. The molecule has 0 aliphatic carbocycles. The van der Waals surface area contributed by atoms with Crippen LogP contribution in [0.2, 0.25) is 0 Å². The summed E-state index contributed by atoms with van der Waals surface area (Å²) in [7, 11) is 0. The number of anilines is 2. The Morgan fingerprint density at radius 3 is 2.67 bits per heavy atom. The molecule has 3 heterocycles. The number of amides is 2. The standard InChI is InChI=1S/C19H13F2N5O/c20-18(21)16-6-5-13(9-24-16)25-11-14(7-22)26(19(25)27)17-10-23-8-12-3-1-2-4-15(12)17/h1-6,8-10,14,18H,11H2/t14-/m1/s1. The third-order valence-corrected chi connectivity index (χ3v) is 4.47. The zero-order chi connectivity index (χ0) is 19.0. The first-order valence-electron chi connectivity index (χ1n) is 8.17. The summed E-state index contributed by atoms with van der Waals surface area (Å²) >= 11 is 0. The second kappa shape index (κ2) is 6.61. The lowest BCUT2D eigenvalue weighted by molar-refractivity contribution is 0.146. The molecule has 1 atom stereocenters. The number of halogens is 2. The van der Waals surface area contributed by atoms with Crippen LogP contribution >= 0.6 is 0 Å². The smallest absolute Gasteiger partial charge is 0.289 e. The highest BCUT2D eigenvalue weighted by Crippen LogP contribution is 2.33. The maximum Gasteiger partial charge on any atom is 0.330 e. The van der Waals surface area contributed by atoms with Crippen molar-refractivity contribution in [1.82, 2.24) is 9.97 Å². The average molecular weight is 365 g/mol. The van der Waals surface area contributed by atoms with E-state index in [0.717, 1.165) is 10.8 Å². The Balaban J connectivity index is 1.74. The monoisotopic (exact) mass is 365 g/mol. The molecule has 0 saturated carbocycles. The number of pyridine rings is 2. The first-order valence-corrected chi connectivity index (χ1v) is 8.17. The van der Waals surface area contributed by atoms with Crippen molar-refractivity contribution in [2.45, 2.75) is 12.5 Å². The number of benzene rings is 1. The first kappa shape index (κ1) is 16.8. The summed E-state index contributed by atoms with van der Waals surface area (Å²) in [5.41, 5.74) is 0.530. The third-order valence-electron chi connectivity index (χ3n) is 4.47. The van der Waals surface area contributed by atoms with Crippen LogP contribution in [0.15, 0.2) is 55.0 Å². The van der Waals surface area contributed by atoms with Crippen LogP contribution in [-0.4, -0.2) is 28.6 Å². The van der Waals surface area contributed by atoms with Crippen molar-refractivity contribution in [3.05, 3.63) is 60.7 Å². The van der Waals surface area contributed by atoms with Gasteiger partial charge in [0, 0.05) is 17.0 Å². The molecule has 1 fully saturated rings. The molecule has 27 heavy (non-hydrogen) atoms. The van der Waals surface area contributed by atoms with Crippen LogP contribution in [0.3, 0.4) is 0 Å². The van der Waals surface area contributed by atoms with E-state index < -0.39 is 18.5 Å². The summed E-state index contributed by atoms with van der Waals surface area (Å²) < 4.78 is 25.4. The molecule has 8 heteroatoms. The molecular weight excluding hydrogens is 352 g/mol. The number of nitriles is 1. The summed E-state index contributed by atoms with van der Waals surface area (Å²) in [6.45, 7) is 0.105. The molecule has 0 unspecified atom stereocenters. The Labute approximate surface area is 153 Å². The number of urea groups is 1. The Morgan fingerprint density at radius 1 is 1.15 bits per heavy atom. The average Bonchev–Trinajstić information content (AvgIpc) is 3.03. The Hall–Kier alpha value is -3.60. The predicted molar refractivity (Wildman–Crippen MR) is 95.6 cm³/mol. The number of rotatable bonds is 3. The van der Waals surface area contributed by atoms with Gasteiger partial charge in [-0.15, -0.1) is 0 Å². The van der Waals surface area contributed by atoms with Crippen LogP contribution in [0.4, 0.5) is 25.0 Å². The molecule has 2 amide bonds. The molecule has 1 aliphatic rings. The van der Waals surface area contributed by atoms with E-state index in [4.69, 9.17) is 0 Å². The largest absolute Gasteiger partial charge is 0.330 e. The van der Waals surface area contributed by atoms with E-state index in [0.29, 0.717) is 11.4 Å². The van der Waals surface area contributed by atoms with Crippen molar-refractivity contribution in [2.75, 3.05) is 16.3 Å². The highest BCUT2D eigenvalue weighted by atomic mass is 19.3. The van der Waals surface area contributed by atoms with Crippen LogP contribution in [0, 0.1) is 11.3 Å². The fourth-order valence-electron chi connectivity index (χ4n) is 3.16. The van der Waals surface area contributed by atoms with Crippen molar-refractivity contribution in [3.63, 3.8) is 0 Å². The van der Waals surface area contributed by atoms with E-state index in [1.807, 2.05) is 24.3 Å². The summed E-state index contributed by atoms with van der Waals surface area (Å²) in [5, 5.41) is 11.2. The van der Waals surface area contributed by atoms with Crippen LogP contribution in [-0.2, 0) is 0 Å². The number of carbonyl (C=O) groups excluding carboxylic acids is 1. The third kappa shape index (κ3) is 2.83. The van der Waals surface area contributed by atoms with Gasteiger partial charge in [-0.3, -0.25) is 19.8 Å². The highest BCUT2D eigenvalue weighted by Gasteiger charge is 2.40. The van der Waals surface area contributed by atoms with E-state index in [2.05, 4.69) is 16.0 Å². The number of carbonyl (C=O) groups is 1. The second-order valence-electron chi connectivity index (χ2n) is 6.03. The fourth-order valence-corrected chi connectivity index (χ4v) is 3.16. The molecule has 134 valence electrons. The van der Waals surface area contributed by atoms with Gasteiger partial charge in [0.25, 0.3) is 6.43 Å². The van der Waals surface area contributed by atoms with Crippen molar-refractivity contribution >= 4 is 28.2 Å². The van der Waals surface area contributed by atoms with Gasteiger partial charge in [-0.1, -0.05) is 24.3 Å². The summed E-state index contributed by atoms with van der Waals surface area (Å²) in [6, 6.07) is 11.0. The summed E-state index contributed by atoms with van der Waals surface area (Å²) in [4.78, 5) is 23.6. The lowest BCUT2D eigenvalue weighted by Gasteiger charge is -2.21. The molecule has 3 aromatic rings. The minimum atomic E-state index is -2.68. The number of hydrogen-bond donors (Lipinski definition) is 0. The number of alkyl halides is 2. The summed E-state index contributed by atoms with van der Waals surface area (Å²) in [5.74, 6) is 0. The van der Waals surface area contributed by atoms with E-state index in [1.165, 1.54) is 28.1 Å². The molecule has 0 spiro atoms. The first-order chi connectivity index (χ1) is 13.1. The predicted octanol–water partition coefficient (Wildman–Crippen LogP) is 3.91. The number of nitrogens with zero attached hydrogens (tertiary/aromatic N) is 5. The lowest BCUT2D eigenvalue weighted by atomic mass is 10.1. The zero-order valence-electron chi connectivity index (χ0n) is 14.0. The highest BCUT2D eigenvalue weighted by molar-refractivity contribution is 6.11. The molecule has 2 aromatic heterocycles. The second-order valence-corrected chi connectivity index (χ2v) is 6.03. The van der Waals surface area contributed by atoms with Crippen LogP contribution in [0.1, 0.15) is 12.1 Å². The molecule has 1 aromatic carbocycles. The Kier molecular flexibility index (Phi) is 4.12. The number of aromatic nitrogens is 2. The van der Waals surface area contributed by atoms with Crippen molar-refractivity contribution in [3.8, 4) is 6.07 Å². The fraction of sp³-hybridized carbons (Fsp3) is 0.158. The molecule has 0 radical (unpaired) electrons. The van der Waals surface area contributed by atoms with E-state index in [1.54, 1.807) is 12.4 Å². The van der Waals surface area contributed by atoms with Crippen LogP contribution in [0.25, 0.3) is 10.8 Å². The van der Waals surface area contributed by atoms with Gasteiger partial charge < -0.3 is 0 Å². The summed E-state index contributed by atoms with van der Waals surface area (Å²) in [6.07, 6.45) is 1.77. The van der Waals surface area contributed by atoms with Crippen LogP contribution in [0.5, 0.6) is 0 Å². The maximum atomic E-state index is 13.0. The topological polar surface area (TPSA) is 73.1 Å². The van der Waals surface area contributed by atoms with Gasteiger partial charge in [0.15, 0.2) is 0 Å². The quantitative estimate of drug-likeness (QED) is 0.705. The molecular formula is C19H13F2N5O. The van der Waals surface area contributed by atoms with Gasteiger partial charge in [0.1, 0.15) is 11.7 Å². The van der Waals surface area contributed by atoms with Gasteiger partial charge in [-0.25, -0.2) is 13.6 Å². The van der Waals surface area contributed by atoms with Crippen molar-refractivity contribution in [1.29, 1.82) is 5.26 Å². The van der Waals surface area contributed by atoms with E-state index >= 15 is 0 Å². The number of hydrogen-bond acceptors (Lipinski definition) is 4. The normalized spacial score (nSPS) is 17.0. The molecule has 1 saturated heterocycles. The van der Waals surface area contributed by atoms with Gasteiger partial charge in [-0.2, -0.15) is 5.26 Å². The number of fused-ring (bicyclic) bond motifs is 1. The zero-order valence-corrected chi connectivity index (χ0v) is 14.0. The Morgan fingerprint density at radius 2 is 1.96 bits per heavy atom. The lowest BCUT2D eigenvalue weighted by Crippen LogP contribution is -2.34.